The summed E-state index contributed by atoms with van der Waals surface area (Å²) in [4.78, 5) is 10.4. The number of aliphatic hydroxyl groups is 1. The summed E-state index contributed by atoms with van der Waals surface area (Å²) >= 11 is 0. The summed E-state index contributed by atoms with van der Waals surface area (Å²) in [5.41, 5.74) is 0. The molecular weight excluding hydrogens is 160 g/mol. The summed E-state index contributed by atoms with van der Waals surface area (Å²) in [6.45, 7) is 1.55. The molecule has 0 saturated carbocycles. The first kappa shape index (κ1) is 9.22. The van der Waals surface area contributed by atoms with Crippen LogP contribution in [0.25, 0.3) is 0 Å². The van der Waals surface area contributed by atoms with E-state index in [4.69, 9.17) is 14.6 Å². The van der Waals surface area contributed by atoms with E-state index < -0.39 is 6.29 Å². The van der Waals surface area contributed by atoms with Crippen LogP contribution in [0, 0.1) is 0 Å². The minimum atomic E-state index is -0.862. The van der Waals surface area contributed by atoms with Gasteiger partial charge in [-0.25, -0.2) is 0 Å². The van der Waals surface area contributed by atoms with Crippen LogP contribution in [0.3, 0.4) is 0 Å². The zero-order chi connectivity index (χ0) is 8.97. The molecule has 0 saturated heterocycles. The number of carbonyl (C=O) groups is 1. The van der Waals surface area contributed by atoms with Crippen molar-refractivity contribution in [2.45, 2.75) is 25.7 Å². The fourth-order valence-electron chi connectivity index (χ4n) is 0.962. The Kier molecular flexibility index (Phi) is 3.25. The molecule has 4 nitrogen and oxygen atoms in total. The molecule has 0 aliphatic carbocycles. The van der Waals surface area contributed by atoms with Crippen molar-refractivity contribution in [2.24, 2.45) is 0 Å². The first-order chi connectivity index (χ1) is 5.68. The third kappa shape index (κ3) is 3.02. The standard InChI is InChI=1S/C8H12O4/c1-6(9)11-5-7-3-2-4-8(10)12-7/h2,4,7-8,10H,3,5H2,1H3/t7-,8?/m0/s1. The number of rotatable bonds is 2. The van der Waals surface area contributed by atoms with Crippen LogP contribution in [0.1, 0.15) is 13.3 Å². The normalized spacial score (nSPS) is 28.5. The van der Waals surface area contributed by atoms with Gasteiger partial charge in [0.2, 0.25) is 0 Å². The Balaban J connectivity index is 2.25. The van der Waals surface area contributed by atoms with Gasteiger partial charge < -0.3 is 14.6 Å². The van der Waals surface area contributed by atoms with Crippen molar-refractivity contribution in [2.75, 3.05) is 6.61 Å². The summed E-state index contributed by atoms with van der Waals surface area (Å²) in [5.74, 6) is -0.331. The Bertz CT molecular complexity index is 187. The fourth-order valence-corrected chi connectivity index (χ4v) is 0.962. The van der Waals surface area contributed by atoms with Crippen molar-refractivity contribution >= 4 is 5.97 Å². The second-order valence-electron chi connectivity index (χ2n) is 2.62. The largest absolute Gasteiger partial charge is 0.463 e. The molecule has 2 atom stereocenters. The number of hydrogen-bond donors (Lipinski definition) is 1. The molecule has 1 heterocycles. The predicted octanol–water partition coefficient (Wildman–Crippen LogP) is 0.213. The van der Waals surface area contributed by atoms with Gasteiger partial charge in [-0.3, -0.25) is 4.79 Å². The maximum atomic E-state index is 10.4. The van der Waals surface area contributed by atoms with Crippen LogP contribution in [0.15, 0.2) is 12.2 Å². The maximum Gasteiger partial charge on any atom is 0.302 e. The molecule has 1 aliphatic rings. The molecule has 0 amide bonds. The number of esters is 1. The lowest BCUT2D eigenvalue weighted by Crippen LogP contribution is -2.28. The maximum absolute atomic E-state index is 10.4. The van der Waals surface area contributed by atoms with Gasteiger partial charge in [0.25, 0.3) is 0 Å². The van der Waals surface area contributed by atoms with Gasteiger partial charge in [0.15, 0.2) is 6.29 Å². The molecule has 0 aromatic rings. The average Bonchev–Trinajstić information content (AvgIpc) is 2.01. The fraction of sp³-hybridized carbons (Fsp3) is 0.625. The summed E-state index contributed by atoms with van der Waals surface area (Å²) in [6, 6.07) is 0. The Morgan fingerprint density at radius 1 is 1.83 bits per heavy atom. The molecular formula is C8H12O4. The Morgan fingerprint density at radius 3 is 3.17 bits per heavy atom. The van der Waals surface area contributed by atoms with Crippen molar-refractivity contribution in [3.8, 4) is 0 Å². The number of ether oxygens (including phenoxy) is 2. The van der Waals surface area contributed by atoms with E-state index in [9.17, 15) is 4.79 Å². The highest BCUT2D eigenvalue weighted by molar-refractivity contribution is 5.65. The minimum Gasteiger partial charge on any atom is -0.463 e. The average molecular weight is 172 g/mol. The summed E-state index contributed by atoms with van der Waals surface area (Å²) in [5, 5.41) is 9.00. The van der Waals surface area contributed by atoms with Gasteiger partial charge in [0.1, 0.15) is 6.61 Å². The van der Waals surface area contributed by atoms with E-state index in [1.165, 1.54) is 6.92 Å². The van der Waals surface area contributed by atoms with Crippen LogP contribution >= 0.6 is 0 Å². The molecule has 0 aromatic heterocycles. The molecule has 12 heavy (non-hydrogen) atoms. The molecule has 4 heteroatoms. The van der Waals surface area contributed by atoms with Crippen LogP contribution in [0.5, 0.6) is 0 Å². The number of hydrogen-bond acceptors (Lipinski definition) is 4. The molecule has 1 unspecified atom stereocenters. The summed E-state index contributed by atoms with van der Waals surface area (Å²) in [7, 11) is 0. The zero-order valence-electron chi connectivity index (χ0n) is 6.90. The van der Waals surface area contributed by atoms with E-state index in [0.29, 0.717) is 6.42 Å². The lowest BCUT2D eigenvalue weighted by molar-refractivity contribution is -0.156. The number of aliphatic hydroxyl groups excluding tert-OH is 1. The van der Waals surface area contributed by atoms with E-state index in [-0.39, 0.29) is 18.7 Å². The van der Waals surface area contributed by atoms with Gasteiger partial charge in [-0.05, 0) is 12.5 Å². The van der Waals surface area contributed by atoms with Crippen LogP contribution in [0.4, 0.5) is 0 Å². The molecule has 0 bridgehead atoms. The van der Waals surface area contributed by atoms with E-state index in [0.717, 1.165) is 0 Å². The minimum absolute atomic E-state index is 0.205. The van der Waals surface area contributed by atoms with Gasteiger partial charge in [0.05, 0.1) is 6.10 Å². The van der Waals surface area contributed by atoms with Crippen molar-refractivity contribution in [1.82, 2.24) is 0 Å². The molecule has 1 rings (SSSR count). The van der Waals surface area contributed by atoms with Gasteiger partial charge in [0, 0.05) is 6.92 Å². The number of carbonyl (C=O) groups excluding carboxylic acids is 1. The van der Waals surface area contributed by atoms with Crippen molar-refractivity contribution < 1.29 is 19.4 Å². The van der Waals surface area contributed by atoms with Crippen molar-refractivity contribution in [1.29, 1.82) is 0 Å². The molecule has 0 aromatic carbocycles. The molecule has 0 spiro atoms. The summed E-state index contributed by atoms with van der Waals surface area (Å²) in [6.07, 6.45) is 2.96. The molecule has 68 valence electrons. The van der Waals surface area contributed by atoms with Crippen LogP contribution in [-0.2, 0) is 14.3 Å². The van der Waals surface area contributed by atoms with E-state index in [2.05, 4.69) is 0 Å². The second-order valence-corrected chi connectivity index (χ2v) is 2.62. The van der Waals surface area contributed by atoms with E-state index in [1.807, 2.05) is 6.08 Å². The Labute approximate surface area is 70.8 Å². The van der Waals surface area contributed by atoms with Crippen molar-refractivity contribution in [3.05, 3.63) is 12.2 Å². The molecule has 0 radical (unpaired) electrons. The monoisotopic (exact) mass is 172 g/mol. The highest BCUT2D eigenvalue weighted by Gasteiger charge is 2.16. The van der Waals surface area contributed by atoms with E-state index >= 15 is 0 Å². The highest BCUT2D eigenvalue weighted by atomic mass is 16.6. The lowest BCUT2D eigenvalue weighted by atomic mass is 10.2. The van der Waals surface area contributed by atoms with Crippen molar-refractivity contribution in [3.63, 3.8) is 0 Å². The summed E-state index contributed by atoms with van der Waals surface area (Å²) < 4.78 is 9.75. The second kappa shape index (κ2) is 4.23. The van der Waals surface area contributed by atoms with Crippen LogP contribution in [-0.4, -0.2) is 30.1 Å². The van der Waals surface area contributed by atoms with Crippen LogP contribution in [0.2, 0.25) is 0 Å². The van der Waals surface area contributed by atoms with Gasteiger partial charge in [-0.2, -0.15) is 0 Å². The zero-order valence-corrected chi connectivity index (χ0v) is 6.90. The third-order valence-electron chi connectivity index (χ3n) is 1.50. The van der Waals surface area contributed by atoms with Gasteiger partial charge in [-0.15, -0.1) is 0 Å². The molecule has 1 N–H and O–H groups in total. The first-order valence-electron chi connectivity index (χ1n) is 3.82. The van der Waals surface area contributed by atoms with Crippen LogP contribution < -0.4 is 0 Å². The Morgan fingerprint density at radius 2 is 2.58 bits per heavy atom. The molecule has 0 fully saturated rings. The third-order valence-corrected chi connectivity index (χ3v) is 1.50. The lowest BCUT2D eigenvalue weighted by Gasteiger charge is -2.21. The molecule has 1 aliphatic heterocycles. The first-order valence-corrected chi connectivity index (χ1v) is 3.82. The topological polar surface area (TPSA) is 55.8 Å². The van der Waals surface area contributed by atoms with Gasteiger partial charge >= 0.3 is 5.97 Å². The van der Waals surface area contributed by atoms with Gasteiger partial charge in [-0.1, -0.05) is 6.08 Å². The smallest absolute Gasteiger partial charge is 0.302 e. The van der Waals surface area contributed by atoms with E-state index in [1.54, 1.807) is 6.08 Å². The quantitative estimate of drug-likeness (QED) is 0.478. The highest BCUT2D eigenvalue weighted by Crippen LogP contribution is 2.10. The SMILES string of the molecule is CC(=O)OC[C@@H]1CC=CC(O)O1. The Hall–Kier alpha value is -0.870. The predicted molar refractivity (Wildman–Crippen MR) is 41.3 cm³/mol.